The molecule has 6 atom stereocenters. The molecule has 0 saturated carbocycles. The molecule has 3 rings (SSSR count). The predicted octanol–water partition coefficient (Wildman–Crippen LogP) is 2.01. The number of nitrogens with two attached hydrogens (primary N) is 2. The average molecular weight is 974 g/mol. The monoisotopic (exact) mass is 972 g/mol. The van der Waals surface area contributed by atoms with E-state index in [0.29, 0.717) is 49.9 Å². The summed E-state index contributed by atoms with van der Waals surface area (Å²) in [5, 5.41) is 44.8. The van der Waals surface area contributed by atoms with E-state index in [4.69, 9.17) is 39.4 Å². The summed E-state index contributed by atoms with van der Waals surface area (Å²) in [6.45, 7) is 0.0252. The molecule has 0 saturated heterocycles. The number of nitrogens with zero attached hydrogens (tertiary/aromatic N) is 1. The number of amides is 5. The van der Waals surface area contributed by atoms with Gasteiger partial charge in [0.2, 0.25) is 23.6 Å². The molecule has 0 fully saturated rings. The minimum absolute atomic E-state index is 0.0407. The first kappa shape index (κ1) is 55.1. The Bertz CT molecular complexity index is 2090. The van der Waals surface area contributed by atoms with Crippen molar-refractivity contribution in [2.24, 2.45) is 11.5 Å². The van der Waals surface area contributed by atoms with Gasteiger partial charge in [-0.3, -0.25) is 38.9 Å². The molecule has 0 bridgehead atoms. The van der Waals surface area contributed by atoms with E-state index in [2.05, 4.69) is 26.6 Å². The Hall–Kier alpha value is -6.19. The molecule has 0 spiro atoms. The second kappa shape index (κ2) is 29.4. The number of ether oxygens (including phenoxy) is 1. The normalized spacial score (nSPS) is 13.7. The number of aliphatic hydroxyl groups excluding tert-OH is 1. The summed E-state index contributed by atoms with van der Waals surface area (Å²) in [7, 11) is 0. The van der Waals surface area contributed by atoms with E-state index in [0.717, 1.165) is 12.1 Å². The zero-order valence-corrected chi connectivity index (χ0v) is 38.2. The maximum absolute atomic E-state index is 14.2. The van der Waals surface area contributed by atoms with E-state index in [-0.39, 0.29) is 36.9 Å². The number of unbranched alkanes of at least 4 members (excludes halogenated alkanes) is 2. The molecule has 0 aliphatic heterocycles. The summed E-state index contributed by atoms with van der Waals surface area (Å²) in [6.07, 6.45) is -0.486. The lowest BCUT2D eigenvalue weighted by molar-refractivity contribution is -0.384. The van der Waals surface area contributed by atoms with Crippen molar-refractivity contribution in [1.82, 2.24) is 26.6 Å². The van der Waals surface area contributed by atoms with E-state index in [1.165, 1.54) is 12.1 Å². The third kappa shape index (κ3) is 20.1. The lowest BCUT2D eigenvalue weighted by Crippen LogP contribution is -2.58. The molecule has 5 amide bonds. The van der Waals surface area contributed by atoms with Crippen LogP contribution in [0.3, 0.4) is 0 Å². The van der Waals surface area contributed by atoms with Crippen LogP contribution in [0.2, 0.25) is 0 Å². The second-order valence-corrected chi connectivity index (χ2v) is 16.6. The molecule has 3 aromatic rings. The zero-order chi connectivity index (χ0) is 49.3. The summed E-state index contributed by atoms with van der Waals surface area (Å²) < 4.78 is 5.28. The number of carboxylic acids is 1. The van der Waals surface area contributed by atoms with E-state index < -0.39 is 107 Å². The summed E-state index contributed by atoms with van der Waals surface area (Å²) >= 11 is 11.3. The van der Waals surface area contributed by atoms with Gasteiger partial charge >= 0.3 is 11.9 Å². The molecular formula is C45H58Cl2N8O12. The molecule has 67 heavy (non-hydrogen) atoms. The first-order valence-corrected chi connectivity index (χ1v) is 22.5. The highest BCUT2D eigenvalue weighted by Gasteiger charge is 2.32. The third-order valence-corrected chi connectivity index (χ3v) is 10.7. The Balaban J connectivity index is 1.78. The van der Waals surface area contributed by atoms with E-state index in [1.54, 1.807) is 60.7 Å². The number of carbonyl (C=O) groups is 7. The van der Waals surface area contributed by atoms with Gasteiger partial charge in [-0.1, -0.05) is 83.9 Å². The van der Waals surface area contributed by atoms with E-state index >= 15 is 0 Å². The van der Waals surface area contributed by atoms with Gasteiger partial charge in [0.25, 0.3) is 11.6 Å². The van der Waals surface area contributed by atoms with Crippen LogP contribution in [0, 0.1) is 10.1 Å². The van der Waals surface area contributed by atoms with Gasteiger partial charge in [-0.2, -0.15) is 0 Å². The Morgan fingerprint density at radius 1 is 0.627 bits per heavy atom. The maximum atomic E-state index is 14.2. The van der Waals surface area contributed by atoms with Gasteiger partial charge in [0.15, 0.2) is 4.84 Å². The summed E-state index contributed by atoms with van der Waals surface area (Å²) in [6, 6.07) is 15.8. The Morgan fingerprint density at radius 2 is 1.10 bits per heavy atom. The number of halogens is 2. The predicted molar refractivity (Wildman–Crippen MR) is 247 cm³/mol. The highest BCUT2D eigenvalue weighted by Crippen LogP contribution is 2.22. The van der Waals surface area contributed by atoms with Crippen molar-refractivity contribution < 1.29 is 53.4 Å². The smallest absolute Gasteiger partial charge is 0.326 e. The molecule has 364 valence electrons. The lowest BCUT2D eigenvalue weighted by atomic mass is 10.0. The average Bonchev–Trinajstić information content (AvgIpc) is 3.31. The maximum Gasteiger partial charge on any atom is 0.326 e. The number of hydrogen-bond acceptors (Lipinski definition) is 13. The lowest BCUT2D eigenvalue weighted by Gasteiger charge is -2.26. The number of hydrogen-bond donors (Lipinski definition) is 9. The van der Waals surface area contributed by atoms with E-state index in [9.17, 15) is 53.9 Å². The largest absolute Gasteiger partial charge is 0.480 e. The van der Waals surface area contributed by atoms with Crippen molar-refractivity contribution in [2.75, 3.05) is 19.7 Å². The van der Waals surface area contributed by atoms with Crippen LogP contribution in [0.1, 0.15) is 74.2 Å². The first-order valence-electron chi connectivity index (χ1n) is 21.6. The van der Waals surface area contributed by atoms with Crippen molar-refractivity contribution in [2.45, 2.75) is 105 Å². The fourth-order valence-corrected chi connectivity index (χ4v) is 6.79. The van der Waals surface area contributed by atoms with Crippen LogP contribution in [0.4, 0.5) is 5.69 Å². The van der Waals surface area contributed by atoms with Gasteiger partial charge in [-0.15, -0.1) is 0 Å². The highest BCUT2D eigenvalue weighted by molar-refractivity contribution is 6.53. The Morgan fingerprint density at radius 3 is 1.60 bits per heavy atom. The van der Waals surface area contributed by atoms with Crippen molar-refractivity contribution in [1.29, 1.82) is 0 Å². The quantitative estimate of drug-likeness (QED) is 0.0152. The number of aliphatic carboxylic acids is 1. The number of aliphatic hydroxyl groups is 1. The number of rotatable bonds is 30. The van der Waals surface area contributed by atoms with Crippen molar-refractivity contribution in [3.8, 4) is 0 Å². The number of non-ortho nitro benzene ring substituents is 1. The number of esters is 1. The number of carbonyl (C=O) groups excluding carboxylic acids is 6. The number of nitrogens with one attached hydrogen (secondary N) is 5. The molecule has 11 N–H and O–H groups in total. The van der Waals surface area contributed by atoms with Crippen molar-refractivity contribution in [3.05, 3.63) is 112 Å². The number of nitro groups is 1. The standard InChI is InChI=1S/C45H58Cl2N8O12/c46-40(47)44(62)54-36(39(58)30-17-19-31(20-18-30)55(65)66)27-67-38(57)22-21-37(56)50-34(25-28-11-3-1-4-12-28)42(60)53-35(26-29-13-5-2-6-14-29)43(61)51-32(15-7-9-23-48)41(59)52-33(45(63)64)16-8-10-24-49/h1-6,11-14,17-20,32-36,39-40,58H,7-10,15-16,21-27,48-49H2,(H,50,56)(H,51,61)(H,52,59)(H,53,60)(H,54,62)(H,63,64)/t32-,33-,34-,35-,36-,39-/m1/s1. The first-order chi connectivity index (χ1) is 32.0. The third-order valence-electron chi connectivity index (χ3n) is 10.3. The van der Waals surface area contributed by atoms with Crippen LogP contribution in [0.15, 0.2) is 84.9 Å². The van der Waals surface area contributed by atoms with Crippen LogP contribution in [-0.4, -0.2) is 111 Å². The van der Waals surface area contributed by atoms with Gasteiger partial charge in [0.1, 0.15) is 36.9 Å². The minimum Gasteiger partial charge on any atom is -0.480 e. The minimum atomic E-state index is -1.56. The van der Waals surface area contributed by atoms with Crippen LogP contribution < -0.4 is 38.1 Å². The summed E-state index contributed by atoms with van der Waals surface area (Å²) in [4.78, 5) is 101. The topological polar surface area (TPSA) is 325 Å². The van der Waals surface area contributed by atoms with Gasteiger partial charge in [0.05, 0.1) is 17.4 Å². The summed E-state index contributed by atoms with van der Waals surface area (Å²) in [5.41, 5.74) is 12.4. The Labute approximate surface area is 397 Å². The molecule has 0 unspecified atom stereocenters. The van der Waals surface area contributed by atoms with Crippen molar-refractivity contribution in [3.63, 3.8) is 0 Å². The number of alkyl halides is 2. The van der Waals surface area contributed by atoms with Crippen LogP contribution in [0.5, 0.6) is 0 Å². The Kier molecular flexibility index (Phi) is 24.2. The molecule has 0 heterocycles. The number of benzene rings is 3. The van der Waals surface area contributed by atoms with Crippen LogP contribution in [0.25, 0.3) is 0 Å². The van der Waals surface area contributed by atoms with Gasteiger partial charge in [-0.05, 0) is 80.4 Å². The van der Waals surface area contributed by atoms with Gasteiger partial charge < -0.3 is 53.0 Å². The number of nitro benzene ring substituents is 1. The SMILES string of the molecule is NCCCC[C@@H](NC(=O)[C@@H](CCCCN)NC(=O)[C@@H](Cc1ccccc1)NC(=O)[C@@H](Cc1ccccc1)NC(=O)CCC(=O)OC[C@@H](NC(=O)C(Cl)Cl)[C@H](O)c1ccc([N+](=O)[O-])cc1)C(=O)O. The fourth-order valence-electron chi connectivity index (χ4n) is 6.67. The molecular weight excluding hydrogens is 915 g/mol. The molecule has 22 heteroatoms. The van der Waals surface area contributed by atoms with Crippen LogP contribution in [-0.2, 0) is 51.1 Å². The van der Waals surface area contributed by atoms with Crippen molar-refractivity contribution >= 4 is 70.4 Å². The molecule has 0 aliphatic carbocycles. The zero-order valence-electron chi connectivity index (χ0n) is 36.7. The summed E-state index contributed by atoms with van der Waals surface area (Å²) in [5.74, 6) is -6.13. The van der Waals surface area contributed by atoms with Gasteiger partial charge in [-0.25, -0.2) is 4.79 Å². The highest BCUT2D eigenvalue weighted by atomic mass is 35.5. The van der Waals surface area contributed by atoms with Crippen LogP contribution >= 0.6 is 23.2 Å². The molecule has 0 aliphatic rings. The van der Waals surface area contributed by atoms with Gasteiger partial charge in [0, 0.05) is 31.4 Å². The van der Waals surface area contributed by atoms with E-state index in [1.807, 2.05) is 0 Å². The second-order valence-electron chi connectivity index (χ2n) is 15.5. The number of carboxylic acid groups (broad SMARTS) is 1. The molecule has 3 aromatic carbocycles. The fraction of sp³-hybridized carbons (Fsp3) is 0.444. The molecule has 0 aromatic heterocycles. The molecule has 0 radical (unpaired) electrons. The molecule has 20 nitrogen and oxygen atoms in total.